The molecule has 0 atom stereocenters. The van der Waals surface area contributed by atoms with Gasteiger partial charge in [0.15, 0.2) is 5.69 Å². The Morgan fingerprint density at radius 1 is 1.68 bits per heavy atom. The summed E-state index contributed by atoms with van der Waals surface area (Å²) in [5.74, 6) is -0.869. The quantitative estimate of drug-likeness (QED) is 0.633. The molecule has 0 aliphatic rings. The van der Waals surface area contributed by atoms with Crippen LogP contribution in [-0.4, -0.2) is 30.8 Å². The van der Waals surface area contributed by atoms with Gasteiger partial charge in [0, 0.05) is 25.4 Å². The monoisotopic (exact) mass is 328 g/mol. The topological polar surface area (TPSA) is 119 Å². The Bertz CT molecular complexity index is 634. The zero-order chi connectivity index (χ0) is 14.0. The summed E-state index contributed by atoms with van der Waals surface area (Å²) in [4.78, 5) is 21.8. The van der Waals surface area contributed by atoms with E-state index in [0.717, 1.165) is 5.56 Å². The van der Waals surface area contributed by atoms with Crippen molar-refractivity contribution in [2.45, 2.75) is 6.54 Å². The number of carbonyl (C=O) groups excluding carboxylic acids is 1. The molecule has 0 fully saturated rings. The molecule has 0 aliphatic heterocycles. The number of nitrogens with one attached hydrogen (secondary N) is 2. The van der Waals surface area contributed by atoms with Crippen LogP contribution in [0.1, 0.15) is 16.1 Å². The Kier molecular flexibility index (Phi) is 3.60. The number of nitrogens with zero attached hydrogens (tertiary/aromatic N) is 4. The highest BCUT2D eigenvalue weighted by Crippen LogP contribution is 2.25. The summed E-state index contributed by atoms with van der Waals surface area (Å²) in [6, 6.07) is 0. The summed E-state index contributed by atoms with van der Waals surface area (Å²) >= 11 is 2.97. The number of rotatable bonds is 4. The van der Waals surface area contributed by atoms with E-state index in [9.17, 15) is 14.9 Å². The van der Waals surface area contributed by atoms with Crippen molar-refractivity contribution in [1.29, 1.82) is 0 Å². The Morgan fingerprint density at radius 3 is 2.95 bits per heavy atom. The van der Waals surface area contributed by atoms with Crippen LogP contribution in [0, 0.1) is 10.1 Å². The van der Waals surface area contributed by atoms with E-state index in [1.807, 2.05) is 0 Å². The molecule has 0 spiro atoms. The number of H-pyrrole nitrogens is 1. The highest BCUT2D eigenvalue weighted by atomic mass is 79.9. The van der Waals surface area contributed by atoms with Gasteiger partial charge in [0.2, 0.25) is 0 Å². The average molecular weight is 329 g/mol. The number of aromatic amines is 1. The zero-order valence-corrected chi connectivity index (χ0v) is 11.3. The van der Waals surface area contributed by atoms with Crippen molar-refractivity contribution in [2.24, 2.45) is 7.05 Å². The predicted octanol–water partition coefficient (Wildman–Crippen LogP) is 0.744. The average Bonchev–Trinajstić information content (AvgIpc) is 2.92. The number of aryl methyl sites for hydroxylation is 1. The zero-order valence-electron chi connectivity index (χ0n) is 9.75. The minimum atomic E-state index is -0.658. The molecule has 0 saturated heterocycles. The van der Waals surface area contributed by atoms with Crippen LogP contribution < -0.4 is 5.32 Å². The van der Waals surface area contributed by atoms with Gasteiger partial charge in [0.25, 0.3) is 5.91 Å². The molecular weight excluding hydrogens is 320 g/mol. The maximum atomic E-state index is 11.8. The number of aromatic nitrogens is 4. The summed E-state index contributed by atoms with van der Waals surface area (Å²) in [7, 11) is 1.76. The third-order valence-electron chi connectivity index (χ3n) is 2.30. The number of hydrogen-bond acceptors (Lipinski definition) is 5. The number of halogens is 1. The first-order valence-corrected chi connectivity index (χ1v) is 5.92. The molecule has 0 aliphatic carbocycles. The maximum Gasteiger partial charge on any atom is 0.357 e. The molecule has 0 unspecified atom stereocenters. The lowest BCUT2D eigenvalue weighted by atomic mass is 10.3. The van der Waals surface area contributed by atoms with Crippen molar-refractivity contribution in [3.63, 3.8) is 0 Å². The van der Waals surface area contributed by atoms with Gasteiger partial charge in [-0.05, 0) is 20.9 Å². The first-order chi connectivity index (χ1) is 8.99. The van der Waals surface area contributed by atoms with E-state index in [0.29, 0.717) is 0 Å². The van der Waals surface area contributed by atoms with Crippen molar-refractivity contribution in [2.75, 3.05) is 0 Å². The number of hydrogen-bond donors (Lipinski definition) is 2. The molecule has 19 heavy (non-hydrogen) atoms. The second-order valence-electron chi connectivity index (χ2n) is 3.70. The van der Waals surface area contributed by atoms with E-state index in [4.69, 9.17) is 0 Å². The fraction of sp³-hybridized carbons (Fsp3) is 0.222. The van der Waals surface area contributed by atoms with Gasteiger partial charge in [-0.2, -0.15) is 5.10 Å². The summed E-state index contributed by atoms with van der Waals surface area (Å²) < 4.78 is 1.64. The van der Waals surface area contributed by atoms with Crippen molar-refractivity contribution < 1.29 is 9.72 Å². The molecule has 2 N–H and O–H groups in total. The Balaban J connectivity index is 2.06. The van der Waals surface area contributed by atoms with E-state index in [-0.39, 0.29) is 22.5 Å². The molecular formula is C9H9BrN6O3. The van der Waals surface area contributed by atoms with Gasteiger partial charge in [-0.1, -0.05) is 5.10 Å². The van der Waals surface area contributed by atoms with Crippen LogP contribution >= 0.6 is 15.9 Å². The number of nitro groups is 1. The fourth-order valence-corrected chi connectivity index (χ4v) is 1.92. The minimum absolute atomic E-state index is 0.0289. The molecule has 0 radical (unpaired) electrons. The maximum absolute atomic E-state index is 11.8. The third-order valence-corrected chi connectivity index (χ3v) is 3.05. The molecule has 100 valence electrons. The molecule has 1 amide bonds. The van der Waals surface area contributed by atoms with Gasteiger partial charge in [0.1, 0.15) is 4.47 Å². The lowest BCUT2D eigenvalue weighted by Crippen LogP contribution is -2.23. The summed E-state index contributed by atoms with van der Waals surface area (Å²) in [6.45, 7) is 0.264. The first-order valence-electron chi connectivity index (χ1n) is 5.13. The van der Waals surface area contributed by atoms with E-state index in [2.05, 4.69) is 36.5 Å². The van der Waals surface area contributed by atoms with E-state index < -0.39 is 10.8 Å². The Labute approximate surface area is 115 Å². The standard InChI is InChI=1S/C9H9BrN6O3/c1-15-4-5(3-12-15)2-11-9(17)7-6(10)8(14-13-7)16(18)19/h3-4H,2H2,1H3,(H,11,17)(H,13,14). The highest BCUT2D eigenvalue weighted by molar-refractivity contribution is 9.10. The molecule has 0 aromatic carbocycles. The van der Waals surface area contributed by atoms with Crippen molar-refractivity contribution in [3.05, 3.63) is 38.2 Å². The van der Waals surface area contributed by atoms with E-state index in [1.54, 1.807) is 24.1 Å². The van der Waals surface area contributed by atoms with Crippen LogP contribution in [0.5, 0.6) is 0 Å². The SMILES string of the molecule is Cn1cc(CNC(=O)c2n[nH]c([N+](=O)[O-])c2Br)cn1. The molecule has 2 rings (SSSR count). The molecule has 10 heteroatoms. The molecule has 0 saturated carbocycles. The fourth-order valence-electron chi connectivity index (χ4n) is 1.42. The lowest BCUT2D eigenvalue weighted by Gasteiger charge is -2.00. The van der Waals surface area contributed by atoms with Gasteiger partial charge >= 0.3 is 5.82 Å². The Morgan fingerprint density at radius 2 is 2.42 bits per heavy atom. The predicted molar refractivity (Wildman–Crippen MR) is 67.3 cm³/mol. The van der Waals surface area contributed by atoms with Gasteiger partial charge in [-0.3, -0.25) is 9.48 Å². The second kappa shape index (κ2) is 5.18. The van der Waals surface area contributed by atoms with Crippen LogP contribution in [0.3, 0.4) is 0 Å². The first kappa shape index (κ1) is 13.2. The second-order valence-corrected chi connectivity index (χ2v) is 4.49. The van der Waals surface area contributed by atoms with E-state index in [1.165, 1.54) is 0 Å². The van der Waals surface area contributed by atoms with Crippen LogP contribution in [0.2, 0.25) is 0 Å². The van der Waals surface area contributed by atoms with Crippen LogP contribution in [0.25, 0.3) is 0 Å². The normalized spacial score (nSPS) is 10.4. The molecule has 2 aromatic rings. The lowest BCUT2D eigenvalue weighted by molar-refractivity contribution is -0.390. The van der Waals surface area contributed by atoms with Gasteiger partial charge in [0.05, 0.1) is 6.20 Å². The number of carbonyl (C=O) groups is 1. The van der Waals surface area contributed by atoms with E-state index >= 15 is 0 Å². The van der Waals surface area contributed by atoms with Gasteiger partial charge in [-0.25, -0.2) is 0 Å². The molecule has 2 heterocycles. The van der Waals surface area contributed by atoms with Crippen LogP contribution in [-0.2, 0) is 13.6 Å². The smallest absolute Gasteiger partial charge is 0.357 e. The molecule has 2 aromatic heterocycles. The van der Waals surface area contributed by atoms with Crippen molar-refractivity contribution >= 4 is 27.7 Å². The minimum Gasteiger partial charge on any atom is -0.358 e. The molecule has 0 bridgehead atoms. The summed E-state index contributed by atoms with van der Waals surface area (Å²) in [5.41, 5.74) is 0.757. The molecule has 9 nitrogen and oxygen atoms in total. The van der Waals surface area contributed by atoms with Crippen LogP contribution in [0.4, 0.5) is 5.82 Å². The van der Waals surface area contributed by atoms with Crippen molar-refractivity contribution in [3.8, 4) is 0 Å². The van der Waals surface area contributed by atoms with Crippen LogP contribution in [0.15, 0.2) is 16.9 Å². The third kappa shape index (κ3) is 2.78. The largest absolute Gasteiger partial charge is 0.358 e. The summed E-state index contributed by atoms with van der Waals surface area (Å²) in [5, 5.41) is 22.9. The van der Waals surface area contributed by atoms with Gasteiger partial charge in [-0.15, -0.1) is 5.10 Å². The Hall–Kier alpha value is -2.23. The number of amides is 1. The van der Waals surface area contributed by atoms with Gasteiger partial charge < -0.3 is 15.4 Å². The highest BCUT2D eigenvalue weighted by Gasteiger charge is 2.24. The van der Waals surface area contributed by atoms with Crippen molar-refractivity contribution in [1.82, 2.24) is 25.3 Å². The summed E-state index contributed by atoms with van der Waals surface area (Å²) in [6.07, 6.45) is 3.37.